The molecule has 1 heterocycles. The molecule has 0 bridgehead atoms. The molecule has 28 heavy (non-hydrogen) atoms. The summed E-state index contributed by atoms with van der Waals surface area (Å²) in [7, 11) is 0. The van der Waals surface area contributed by atoms with Crippen LogP contribution in [0.3, 0.4) is 0 Å². The minimum absolute atomic E-state index is 0.0287. The quantitative estimate of drug-likeness (QED) is 0.265. The highest BCUT2D eigenvalue weighted by atomic mass is 19.1. The van der Waals surface area contributed by atoms with E-state index in [0.717, 1.165) is 37.1 Å². The molecule has 0 radical (unpaired) electrons. The molecule has 0 spiro atoms. The molecular weight excluding hydrogens is 366 g/mol. The van der Waals surface area contributed by atoms with Gasteiger partial charge in [-0.05, 0) is 49.6 Å². The van der Waals surface area contributed by atoms with Crippen LogP contribution in [0, 0.1) is 11.6 Å². The van der Waals surface area contributed by atoms with Gasteiger partial charge in [-0.25, -0.2) is 13.8 Å². The molecule has 0 saturated carbocycles. The van der Waals surface area contributed by atoms with Crippen LogP contribution in [0.5, 0.6) is 6.01 Å². The molecule has 0 saturated heterocycles. The molecule has 2 rings (SSSR count). The van der Waals surface area contributed by atoms with Gasteiger partial charge < -0.3 is 14.6 Å². The molecule has 2 aromatic rings. The van der Waals surface area contributed by atoms with E-state index in [4.69, 9.17) is 9.47 Å². The molecule has 1 N–H and O–H groups in total. The lowest BCUT2D eigenvalue weighted by Crippen LogP contribution is -2.02. The number of benzene rings is 1. The van der Waals surface area contributed by atoms with Crippen molar-refractivity contribution in [2.24, 2.45) is 0 Å². The number of hydrogen-bond acceptors (Lipinski definition) is 5. The van der Waals surface area contributed by atoms with Crippen LogP contribution in [0.1, 0.15) is 37.4 Å². The predicted octanol–water partition coefficient (Wildman–Crippen LogP) is 5.11. The second kappa shape index (κ2) is 10.8. The van der Waals surface area contributed by atoms with Gasteiger partial charge >= 0.3 is 12.0 Å². The third kappa shape index (κ3) is 7.60. The average molecular weight is 388 g/mol. The van der Waals surface area contributed by atoms with Crippen LogP contribution >= 0.6 is 0 Å². The summed E-state index contributed by atoms with van der Waals surface area (Å²) in [5.74, 6) is -1.56. The predicted molar refractivity (Wildman–Crippen MR) is 101 cm³/mol. The second-order valence-electron chi connectivity index (χ2n) is 6.16. The topological polar surface area (TPSA) is 64.5 Å². The lowest BCUT2D eigenvalue weighted by Gasteiger charge is -2.05. The van der Waals surface area contributed by atoms with E-state index in [0.29, 0.717) is 12.2 Å². The molecule has 0 atom stereocenters. The Kier molecular flexibility index (Phi) is 8.18. The minimum atomic E-state index is -0.708. The Labute approximate surface area is 162 Å². The summed E-state index contributed by atoms with van der Waals surface area (Å²) >= 11 is 0. The van der Waals surface area contributed by atoms with Crippen molar-refractivity contribution in [1.29, 1.82) is 0 Å². The van der Waals surface area contributed by atoms with Crippen LogP contribution < -0.4 is 4.74 Å². The summed E-state index contributed by atoms with van der Waals surface area (Å²) < 4.78 is 37.4. The largest absolute Gasteiger partial charge is 0.475 e. The Morgan fingerprint density at radius 1 is 1.32 bits per heavy atom. The Balaban J connectivity index is 1.94. The van der Waals surface area contributed by atoms with Gasteiger partial charge in [-0.15, -0.1) is 6.58 Å². The smallest absolute Gasteiger partial charge is 0.325 e. The van der Waals surface area contributed by atoms with Crippen molar-refractivity contribution in [1.82, 2.24) is 9.97 Å². The summed E-state index contributed by atoms with van der Waals surface area (Å²) in [6.07, 6.45) is 4.62. The molecule has 148 valence electrons. The fourth-order valence-corrected chi connectivity index (χ4v) is 2.18. The fraction of sp³-hybridized carbons (Fsp3) is 0.286. The molecule has 0 aliphatic heterocycles. The Morgan fingerprint density at radius 3 is 2.89 bits per heavy atom. The summed E-state index contributed by atoms with van der Waals surface area (Å²) in [5, 5.41) is 9.66. The lowest BCUT2D eigenvalue weighted by molar-refractivity contribution is 0.0922. The van der Waals surface area contributed by atoms with E-state index in [2.05, 4.69) is 22.3 Å². The maximum atomic E-state index is 13.8. The molecule has 1 aromatic carbocycles. The normalized spacial score (nSPS) is 10.1. The number of aromatic nitrogens is 2. The SMILES string of the molecule is C=C(C)CCCCOC(O)=C=Cc1nc(OCc2cccc(F)c2)ncc1F. The van der Waals surface area contributed by atoms with Crippen molar-refractivity contribution in [3.63, 3.8) is 0 Å². The van der Waals surface area contributed by atoms with Crippen LogP contribution in [0.4, 0.5) is 8.78 Å². The van der Waals surface area contributed by atoms with Crippen LogP contribution in [0.25, 0.3) is 6.08 Å². The maximum Gasteiger partial charge on any atom is 0.325 e. The van der Waals surface area contributed by atoms with Crippen LogP contribution in [0.2, 0.25) is 0 Å². The number of nitrogens with zero attached hydrogens (tertiary/aromatic N) is 2. The Morgan fingerprint density at radius 2 is 2.14 bits per heavy atom. The van der Waals surface area contributed by atoms with Crippen molar-refractivity contribution in [3.8, 4) is 6.01 Å². The van der Waals surface area contributed by atoms with E-state index in [1.165, 1.54) is 12.1 Å². The number of unbranched alkanes of at least 4 members (excludes halogenated alkanes) is 1. The summed E-state index contributed by atoms with van der Waals surface area (Å²) in [6, 6.07) is 5.79. The number of ether oxygens (including phenoxy) is 2. The van der Waals surface area contributed by atoms with Crippen molar-refractivity contribution < 1.29 is 23.4 Å². The van der Waals surface area contributed by atoms with Crippen LogP contribution in [-0.2, 0) is 11.3 Å². The number of rotatable bonds is 10. The number of halogens is 2. The summed E-state index contributed by atoms with van der Waals surface area (Å²) in [6.45, 7) is 6.11. The van der Waals surface area contributed by atoms with Crippen molar-refractivity contribution in [2.75, 3.05) is 6.61 Å². The zero-order chi connectivity index (χ0) is 20.4. The first-order valence-electron chi connectivity index (χ1n) is 8.76. The Hall–Kier alpha value is -3.18. The van der Waals surface area contributed by atoms with Gasteiger partial charge in [-0.2, -0.15) is 4.98 Å². The molecule has 0 fully saturated rings. The fourth-order valence-electron chi connectivity index (χ4n) is 2.18. The van der Waals surface area contributed by atoms with Gasteiger partial charge in [0.2, 0.25) is 0 Å². The van der Waals surface area contributed by atoms with Crippen LogP contribution in [0.15, 0.2) is 54.3 Å². The first-order valence-corrected chi connectivity index (χ1v) is 8.76. The van der Waals surface area contributed by atoms with Crippen LogP contribution in [-0.4, -0.2) is 21.7 Å². The highest BCUT2D eigenvalue weighted by Gasteiger charge is 2.06. The van der Waals surface area contributed by atoms with Gasteiger partial charge in [0.1, 0.15) is 18.1 Å². The average Bonchev–Trinajstić information content (AvgIpc) is 2.66. The third-order valence-corrected chi connectivity index (χ3v) is 3.58. The van der Waals surface area contributed by atoms with Gasteiger partial charge in [-0.3, -0.25) is 0 Å². The first-order chi connectivity index (χ1) is 13.4. The molecule has 0 aliphatic rings. The first kappa shape index (κ1) is 21.1. The maximum absolute atomic E-state index is 13.8. The molecule has 5 nitrogen and oxygen atoms in total. The highest BCUT2D eigenvalue weighted by molar-refractivity contribution is 5.44. The molecule has 0 aliphatic carbocycles. The van der Waals surface area contributed by atoms with E-state index >= 15 is 0 Å². The Bertz CT molecular complexity index is 878. The number of aliphatic hydroxyl groups is 1. The summed E-state index contributed by atoms with van der Waals surface area (Å²) in [4.78, 5) is 7.63. The number of allylic oxidation sites excluding steroid dienone is 1. The van der Waals surface area contributed by atoms with Crippen molar-refractivity contribution >= 4 is 6.08 Å². The van der Waals surface area contributed by atoms with Gasteiger partial charge in [0.05, 0.1) is 12.8 Å². The third-order valence-electron chi connectivity index (χ3n) is 3.58. The second-order valence-corrected chi connectivity index (χ2v) is 6.16. The van der Waals surface area contributed by atoms with E-state index < -0.39 is 11.8 Å². The molecule has 0 amide bonds. The highest BCUT2D eigenvalue weighted by Crippen LogP contribution is 2.12. The molecule has 1 aromatic heterocycles. The summed E-state index contributed by atoms with van der Waals surface area (Å²) in [5.41, 5.74) is 3.97. The zero-order valence-corrected chi connectivity index (χ0v) is 15.6. The van der Waals surface area contributed by atoms with Gasteiger partial charge in [-0.1, -0.05) is 17.7 Å². The van der Waals surface area contributed by atoms with Gasteiger partial charge in [0, 0.05) is 6.08 Å². The molecule has 7 heteroatoms. The van der Waals surface area contributed by atoms with E-state index in [-0.39, 0.29) is 24.1 Å². The van der Waals surface area contributed by atoms with Gasteiger partial charge in [0.25, 0.3) is 0 Å². The monoisotopic (exact) mass is 388 g/mol. The van der Waals surface area contributed by atoms with E-state index in [1.54, 1.807) is 12.1 Å². The van der Waals surface area contributed by atoms with Gasteiger partial charge in [0.15, 0.2) is 5.82 Å². The van der Waals surface area contributed by atoms with Crippen molar-refractivity contribution in [2.45, 2.75) is 32.8 Å². The number of aliphatic hydroxyl groups excluding tert-OH is 1. The lowest BCUT2D eigenvalue weighted by atomic mass is 10.1. The van der Waals surface area contributed by atoms with E-state index in [1.807, 2.05) is 6.92 Å². The molecular formula is C21H22F2N2O3. The van der Waals surface area contributed by atoms with Crippen molar-refractivity contribution in [3.05, 3.63) is 77.2 Å². The standard InChI is InChI=1S/C21H22F2N2O3/c1-15(2)6-3-4-11-27-20(26)10-9-19-18(23)13-24-21(25-19)28-14-16-7-5-8-17(22)12-16/h5,7-9,12-13,26H,1,3-4,6,11,14H2,2H3. The zero-order valence-electron chi connectivity index (χ0n) is 15.6. The van der Waals surface area contributed by atoms with E-state index in [9.17, 15) is 13.9 Å². The minimum Gasteiger partial charge on any atom is -0.475 e. The molecule has 0 unspecified atom stereocenters. The number of hydrogen-bond donors (Lipinski definition) is 1.